The number of halogens is 1. The SMILES string of the molecule is CC(Oc1ccccc1Cl)C(=O)N1CCCCC1C(=O)O. The molecule has 0 spiro atoms. The average Bonchev–Trinajstić information content (AvgIpc) is 2.48. The Balaban J connectivity index is 2.07. The molecule has 1 fully saturated rings. The lowest BCUT2D eigenvalue weighted by Crippen LogP contribution is -2.52. The summed E-state index contributed by atoms with van der Waals surface area (Å²) >= 11 is 5.99. The highest BCUT2D eigenvalue weighted by atomic mass is 35.5. The molecular weight excluding hydrogens is 294 g/mol. The first-order valence-corrected chi connectivity index (χ1v) is 7.33. The molecule has 2 unspecified atom stereocenters. The van der Waals surface area contributed by atoms with Crippen LogP contribution in [0.25, 0.3) is 0 Å². The van der Waals surface area contributed by atoms with Gasteiger partial charge in [0.2, 0.25) is 0 Å². The second-order valence-electron chi connectivity index (χ2n) is 5.07. The zero-order chi connectivity index (χ0) is 15.4. The summed E-state index contributed by atoms with van der Waals surface area (Å²) in [4.78, 5) is 25.1. The lowest BCUT2D eigenvalue weighted by Gasteiger charge is -2.34. The average molecular weight is 312 g/mol. The molecular formula is C15H18ClNO4. The Labute approximate surface area is 128 Å². The monoisotopic (exact) mass is 311 g/mol. The van der Waals surface area contributed by atoms with Crippen molar-refractivity contribution in [3.63, 3.8) is 0 Å². The van der Waals surface area contributed by atoms with E-state index in [1.165, 1.54) is 4.90 Å². The number of ether oxygens (including phenoxy) is 1. The molecule has 1 saturated heterocycles. The van der Waals surface area contributed by atoms with E-state index in [9.17, 15) is 14.7 Å². The Kier molecular flexibility index (Phi) is 5.07. The fourth-order valence-corrected chi connectivity index (χ4v) is 2.65. The van der Waals surface area contributed by atoms with Gasteiger partial charge in [-0.05, 0) is 38.3 Å². The van der Waals surface area contributed by atoms with Gasteiger partial charge in [0.15, 0.2) is 6.10 Å². The summed E-state index contributed by atoms with van der Waals surface area (Å²) in [6.07, 6.45) is 1.35. The predicted molar refractivity (Wildman–Crippen MR) is 78.5 cm³/mol. The molecule has 1 amide bonds. The van der Waals surface area contributed by atoms with Crippen LogP contribution in [0.15, 0.2) is 24.3 Å². The molecule has 21 heavy (non-hydrogen) atoms. The molecule has 1 aromatic carbocycles. The number of piperidine rings is 1. The third-order valence-corrected chi connectivity index (χ3v) is 3.87. The summed E-state index contributed by atoms with van der Waals surface area (Å²) in [5.41, 5.74) is 0. The van der Waals surface area contributed by atoms with Crippen molar-refractivity contribution < 1.29 is 19.4 Å². The summed E-state index contributed by atoms with van der Waals surface area (Å²) in [7, 11) is 0. The largest absolute Gasteiger partial charge is 0.480 e. The summed E-state index contributed by atoms with van der Waals surface area (Å²) < 4.78 is 5.57. The van der Waals surface area contributed by atoms with Crippen molar-refractivity contribution in [3.05, 3.63) is 29.3 Å². The van der Waals surface area contributed by atoms with Gasteiger partial charge in [0, 0.05) is 6.54 Å². The number of carbonyl (C=O) groups excluding carboxylic acids is 1. The van der Waals surface area contributed by atoms with E-state index < -0.39 is 18.1 Å². The normalized spacial score (nSPS) is 19.9. The Morgan fingerprint density at radius 1 is 1.38 bits per heavy atom. The number of rotatable bonds is 4. The number of aliphatic carboxylic acids is 1. The molecule has 0 bridgehead atoms. The molecule has 0 saturated carbocycles. The van der Waals surface area contributed by atoms with Crippen LogP contribution in [0, 0.1) is 0 Å². The Hall–Kier alpha value is -1.75. The number of carboxylic acid groups (broad SMARTS) is 1. The minimum absolute atomic E-state index is 0.318. The second-order valence-corrected chi connectivity index (χ2v) is 5.48. The van der Waals surface area contributed by atoms with Crippen molar-refractivity contribution in [1.29, 1.82) is 0 Å². The van der Waals surface area contributed by atoms with Gasteiger partial charge in [-0.25, -0.2) is 4.79 Å². The van der Waals surface area contributed by atoms with E-state index in [4.69, 9.17) is 16.3 Å². The highest BCUT2D eigenvalue weighted by molar-refractivity contribution is 6.32. The zero-order valence-corrected chi connectivity index (χ0v) is 12.5. The highest BCUT2D eigenvalue weighted by Gasteiger charge is 2.34. The van der Waals surface area contributed by atoms with E-state index in [2.05, 4.69) is 0 Å². The molecule has 5 nitrogen and oxygen atoms in total. The molecule has 114 valence electrons. The van der Waals surface area contributed by atoms with Crippen molar-refractivity contribution >= 4 is 23.5 Å². The molecule has 1 aromatic rings. The number of nitrogens with zero attached hydrogens (tertiary/aromatic N) is 1. The maximum absolute atomic E-state index is 12.4. The third kappa shape index (κ3) is 3.67. The van der Waals surface area contributed by atoms with Crippen LogP contribution in [0.5, 0.6) is 5.75 Å². The Morgan fingerprint density at radius 2 is 2.10 bits per heavy atom. The van der Waals surface area contributed by atoms with Gasteiger partial charge in [0.25, 0.3) is 5.91 Å². The summed E-state index contributed by atoms with van der Waals surface area (Å²) in [6.45, 7) is 2.06. The van der Waals surface area contributed by atoms with Crippen LogP contribution in [0.2, 0.25) is 5.02 Å². The van der Waals surface area contributed by atoms with Crippen LogP contribution in [0.3, 0.4) is 0 Å². The minimum Gasteiger partial charge on any atom is -0.480 e. The number of hydrogen-bond donors (Lipinski definition) is 1. The van der Waals surface area contributed by atoms with Gasteiger partial charge >= 0.3 is 5.97 Å². The minimum atomic E-state index is -0.965. The molecule has 1 aliphatic rings. The predicted octanol–water partition coefficient (Wildman–Crippen LogP) is 2.57. The van der Waals surface area contributed by atoms with Crippen molar-refractivity contribution in [3.8, 4) is 5.75 Å². The number of para-hydroxylation sites is 1. The highest BCUT2D eigenvalue weighted by Crippen LogP contribution is 2.25. The van der Waals surface area contributed by atoms with E-state index in [0.29, 0.717) is 23.7 Å². The molecule has 1 N–H and O–H groups in total. The van der Waals surface area contributed by atoms with Crippen LogP contribution in [-0.2, 0) is 9.59 Å². The van der Waals surface area contributed by atoms with Crippen molar-refractivity contribution in [1.82, 2.24) is 4.90 Å². The zero-order valence-electron chi connectivity index (χ0n) is 11.8. The van der Waals surface area contributed by atoms with Crippen LogP contribution in [-0.4, -0.2) is 40.6 Å². The number of carboxylic acids is 1. The Bertz CT molecular complexity index is 534. The first kappa shape index (κ1) is 15.6. The molecule has 0 radical (unpaired) electrons. The standard InChI is InChI=1S/C15H18ClNO4/c1-10(21-13-8-3-2-6-11(13)16)14(18)17-9-5-4-7-12(17)15(19)20/h2-3,6,8,10,12H,4-5,7,9H2,1H3,(H,19,20). The second kappa shape index (κ2) is 6.80. The number of likely N-dealkylation sites (tertiary alicyclic amines) is 1. The first-order valence-electron chi connectivity index (χ1n) is 6.95. The van der Waals surface area contributed by atoms with Crippen LogP contribution in [0.4, 0.5) is 0 Å². The van der Waals surface area contributed by atoms with E-state index in [0.717, 1.165) is 12.8 Å². The molecule has 2 atom stereocenters. The molecule has 1 heterocycles. The maximum atomic E-state index is 12.4. The molecule has 1 aliphatic heterocycles. The van der Waals surface area contributed by atoms with Gasteiger partial charge in [0.05, 0.1) is 5.02 Å². The smallest absolute Gasteiger partial charge is 0.326 e. The summed E-state index contributed by atoms with van der Waals surface area (Å²) in [5.74, 6) is -0.862. The third-order valence-electron chi connectivity index (χ3n) is 3.56. The number of carbonyl (C=O) groups is 2. The van der Waals surface area contributed by atoms with E-state index >= 15 is 0 Å². The van der Waals surface area contributed by atoms with E-state index in [-0.39, 0.29) is 5.91 Å². The topological polar surface area (TPSA) is 66.8 Å². The van der Waals surface area contributed by atoms with Crippen molar-refractivity contribution in [2.45, 2.75) is 38.3 Å². The van der Waals surface area contributed by atoms with E-state index in [1.807, 2.05) is 0 Å². The lowest BCUT2D eigenvalue weighted by molar-refractivity contribution is -0.155. The van der Waals surface area contributed by atoms with Gasteiger partial charge in [0.1, 0.15) is 11.8 Å². The van der Waals surface area contributed by atoms with Crippen LogP contribution < -0.4 is 4.74 Å². The number of amides is 1. The fourth-order valence-electron chi connectivity index (χ4n) is 2.47. The molecule has 0 aliphatic carbocycles. The van der Waals surface area contributed by atoms with Crippen molar-refractivity contribution in [2.75, 3.05) is 6.54 Å². The van der Waals surface area contributed by atoms with Gasteiger partial charge in [-0.1, -0.05) is 23.7 Å². The molecule has 0 aromatic heterocycles. The summed E-state index contributed by atoms with van der Waals surface area (Å²) in [6, 6.07) is 6.13. The maximum Gasteiger partial charge on any atom is 0.326 e. The van der Waals surface area contributed by atoms with Gasteiger partial charge in [-0.15, -0.1) is 0 Å². The van der Waals surface area contributed by atoms with Gasteiger partial charge in [-0.3, -0.25) is 4.79 Å². The van der Waals surface area contributed by atoms with Gasteiger partial charge < -0.3 is 14.7 Å². The first-order chi connectivity index (χ1) is 10.0. The fraction of sp³-hybridized carbons (Fsp3) is 0.467. The summed E-state index contributed by atoms with van der Waals surface area (Å²) in [5, 5.41) is 9.64. The number of benzene rings is 1. The van der Waals surface area contributed by atoms with Gasteiger partial charge in [-0.2, -0.15) is 0 Å². The van der Waals surface area contributed by atoms with E-state index in [1.54, 1.807) is 31.2 Å². The molecule has 2 rings (SSSR count). The molecule has 6 heteroatoms. The van der Waals surface area contributed by atoms with Crippen molar-refractivity contribution in [2.24, 2.45) is 0 Å². The Morgan fingerprint density at radius 3 is 2.76 bits per heavy atom. The van der Waals surface area contributed by atoms with Crippen LogP contribution in [0.1, 0.15) is 26.2 Å². The lowest BCUT2D eigenvalue weighted by atomic mass is 10.0. The number of hydrogen-bond acceptors (Lipinski definition) is 3. The van der Waals surface area contributed by atoms with Crippen LogP contribution >= 0.6 is 11.6 Å². The quantitative estimate of drug-likeness (QED) is 0.928.